The van der Waals surface area contributed by atoms with Gasteiger partial charge in [0.1, 0.15) is 11.9 Å². The van der Waals surface area contributed by atoms with Crippen molar-refractivity contribution in [3.05, 3.63) is 22.9 Å². The molecular weight excluding hydrogens is 264 g/mol. The Morgan fingerprint density at radius 3 is 2.76 bits per heavy atom. The van der Waals surface area contributed by atoms with Gasteiger partial charge in [0.25, 0.3) is 0 Å². The second kappa shape index (κ2) is 7.39. The lowest BCUT2D eigenvalue weighted by Crippen LogP contribution is -2.31. The normalized spacial score (nSPS) is 21.8. The number of nitriles is 1. The number of aromatic nitrogens is 1. The molecule has 0 saturated heterocycles. The highest BCUT2D eigenvalue weighted by Gasteiger charge is 2.18. The molecule has 5 nitrogen and oxygen atoms in total. The van der Waals surface area contributed by atoms with Crippen LogP contribution < -0.4 is 11.1 Å². The smallest absolute Gasteiger partial charge is 0.144 e. The van der Waals surface area contributed by atoms with E-state index in [1.165, 1.54) is 0 Å². The van der Waals surface area contributed by atoms with Crippen molar-refractivity contribution in [1.82, 2.24) is 4.98 Å². The van der Waals surface area contributed by atoms with Crippen LogP contribution in [0.5, 0.6) is 0 Å². The van der Waals surface area contributed by atoms with Crippen LogP contribution in [0.1, 0.15) is 42.5 Å². The zero-order chi connectivity index (χ0) is 15.2. The van der Waals surface area contributed by atoms with Gasteiger partial charge in [0.2, 0.25) is 0 Å². The Morgan fingerprint density at radius 1 is 1.38 bits per heavy atom. The summed E-state index contributed by atoms with van der Waals surface area (Å²) >= 11 is 0. The zero-order valence-electron chi connectivity index (χ0n) is 12.9. The highest BCUT2D eigenvalue weighted by molar-refractivity contribution is 5.56. The van der Waals surface area contributed by atoms with E-state index in [-0.39, 0.29) is 0 Å². The monoisotopic (exact) mass is 288 g/mol. The van der Waals surface area contributed by atoms with Crippen molar-refractivity contribution < 1.29 is 4.74 Å². The number of rotatable bonds is 5. The Balaban J connectivity index is 1.80. The molecule has 0 aromatic carbocycles. The number of nitrogens with two attached hydrogens (primary N) is 1. The quantitative estimate of drug-likeness (QED) is 0.812. The molecule has 0 bridgehead atoms. The van der Waals surface area contributed by atoms with Crippen molar-refractivity contribution >= 4 is 5.82 Å². The van der Waals surface area contributed by atoms with Crippen LogP contribution >= 0.6 is 0 Å². The molecule has 0 atom stereocenters. The van der Waals surface area contributed by atoms with Crippen molar-refractivity contribution in [2.45, 2.75) is 51.7 Å². The predicted molar refractivity (Wildman–Crippen MR) is 83.1 cm³/mol. The maximum absolute atomic E-state index is 9.20. The highest BCUT2D eigenvalue weighted by Crippen LogP contribution is 2.20. The summed E-state index contributed by atoms with van der Waals surface area (Å²) in [4.78, 5) is 4.39. The standard InChI is InChI=1S/C16H24N4O/c1-11-9-12(2)20-16(15(11)10-17)19-7-8-21-14-5-3-13(18)4-6-14/h9,13-14H,3-8,18H2,1-2H3,(H,19,20). The molecule has 1 aromatic heterocycles. The fourth-order valence-electron chi connectivity index (χ4n) is 2.76. The number of nitrogens with one attached hydrogen (secondary N) is 1. The van der Waals surface area contributed by atoms with E-state index in [1.54, 1.807) is 0 Å². The largest absolute Gasteiger partial charge is 0.376 e. The first-order valence-electron chi connectivity index (χ1n) is 7.59. The Kier molecular flexibility index (Phi) is 5.54. The Bertz CT molecular complexity index is 516. The second-order valence-corrected chi connectivity index (χ2v) is 5.75. The molecule has 21 heavy (non-hydrogen) atoms. The van der Waals surface area contributed by atoms with Gasteiger partial charge in [0.15, 0.2) is 0 Å². The number of pyridine rings is 1. The third kappa shape index (κ3) is 4.42. The van der Waals surface area contributed by atoms with Crippen molar-refractivity contribution in [2.75, 3.05) is 18.5 Å². The summed E-state index contributed by atoms with van der Waals surface area (Å²) in [5.74, 6) is 0.657. The number of ether oxygens (including phenoxy) is 1. The van der Waals surface area contributed by atoms with Crippen molar-refractivity contribution in [3.8, 4) is 6.07 Å². The lowest BCUT2D eigenvalue weighted by atomic mass is 9.94. The Hall–Kier alpha value is -1.64. The molecular formula is C16H24N4O. The highest BCUT2D eigenvalue weighted by atomic mass is 16.5. The van der Waals surface area contributed by atoms with Gasteiger partial charge in [-0.25, -0.2) is 4.98 Å². The average Bonchev–Trinajstić information content (AvgIpc) is 2.45. The van der Waals surface area contributed by atoms with Gasteiger partial charge < -0.3 is 15.8 Å². The number of nitrogens with zero attached hydrogens (tertiary/aromatic N) is 2. The fraction of sp³-hybridized carbons (Fsp3) is 0.625. The zero-order valence-corrected chi connectivity index (χ0v) is 12.9. The maximum atomic E-state index is 9.20. The molecule has 1 aliphatic rings. The van der Waals surface area contributed by atoms with E-state index < -0.39 is 0 Å². The van der Waals surface area contributed by atoms with E-state index in [4.69, 9.17) is 10.5 Å². The van der Waals surface area contributed by atoms with Crippen LogP contribution in [0, 0.1) is 25.2 Å². The molecule has 0 aliphatic heterocycles. The summed E-state index contributed by atoms with van der Waals surface area (Å²) < 4.78 is 5.86. The van der Waals surface area contributed by atoms with Crippen LogP contribution in [0.15, 0.2) is 6.07 Å². The number of anilines is 1. The molecule has 1 saturated carbocycles. The predicted octanol–water partition coefficient (Wildman–Crippen LogP) is 2.27. The molecule has 0 amide bonds. The van der Waals surface area contributed by atoms with Crippen LogP contribution in [0.2, 0.25) is 0 Å². The summed E-state index contributed by atoms with van der Waals surface area (Å²) in [7, 11) is 0. The SMILES string of the molecule is Cc1cc(C)c(C#N)c(NCCOC2CCC(N)CC2)n1. The van der Waals surface area contributed by atoms with E-state index in [0.717, 1.165) is 36.9 Å². The third-order valence-corrected chi connectivity index (χ3v) is 3.92. The molecule has 1 aliphatic carbocycles. The molecule has 0 spiro atoms. The molecule has 1 aromatic rings. The topological polar surface area (TPSA) is 84.0 Å². The van der Waals surface area contributed by atoms with Gasteiger partial charge in [-0.1, -0.05) is 0 Å². The Morgan fingerprint density at radius 2 is 2.10 bits per heavy atom. The summed E-state index contributed by atoms with van der Waals surface area (Å²) in [5, 5.41) is 12.4. The van der Waals surface area contributed by atoms with Gasteiger partial charge >= 0.3 is 0 Å². The van der Waals surface area contributed by atoms with E-state index >= 15 is 0 Å². The molecule has 0 unspecified atom stereocenters. The minimum atomic E-state index is 0.328. The number of hydrogen-bond donors (Lipinski definition) is 2. The van der Waals surface area contributed by atoms with Crippen molar-refractivity contribution in [2.24, 2.45) is 5.73 Å². The lowest BCUT2D eigenvalue weighted by molar-refractivity contribution is 0.0313. The van der Waals surface area contributed by atoms with E-state index in [0.29, 0.717) is 36.7 Å². The summed E-state index contributed by atoms with van der Waals surface area (Å²) in [6.07, 6.45) is 4.53. The van der Waals surface area contributed by atoms with Gasteiger partial charge in [-0.15, -0.1) is 0 Å². The van der Waals surface area contributed by atoms with Gasteiger partial charge in [-0.05, 0) is 51.2 Å². The van der Waals surface area contributed by atoms with Crippen LogP contribution in [0.4, 0.5) is 5.82 Å². The lowest BCUT2D eigenvalue weighted by Gasteiger charge is -2.26. The van der Waals surface area contributed by atoms with Gasteiger partial charge in [0.05, 0.1) is 18.3 Å². The first kappa shape index (κ1) is 15.7. The van der Waals surface area contributed by atoms with E-state index in [2.05, 4.69) is 16.4 Å². The first-order valence-corrected chi connectivity index (χ1v) is 7.59. The minimum absolute atomic E-state index is 0.328. The summed E-state index contributed by atoms with van der Waals surface area (Å²) in [5.41, 5.74) is 8.36. The van der Waals surface area contributed by atoms with Crippen LogP contribution in [-0.2, 0) is 4.74 Å². The summed E-state index contributed by atoms with van der Waals surface area (Å²) in [6.45, 7) is 5.15. The van der Waals surface area contributed by atoms with Gasteiger partial charge in [0, 0.05) is 18.3 Å². The van der Waals surface area contributed by atoms with E-state index in [1.807, 2.05) is 19.9 Å². The first-order chi connectivity index (χ1) is 10.1. The van der Waals surface area contributed by atoms with Crippen LogP contribution in [0.3, 0.4) is 0 Å². The second-order valence-electron chi connectivity index (χ2n) is 5.75. The van der Waals surface area contributed by atoms with Crippen LogP contribution in [-0.4, -0.2) is 30.3 Å². The minimum Gasteiger partial charge on any atom is -0.376 e. The average molecular weight is 288 g/mol. The number of hydrogen-bond acceptors (Lipinski definition) is 5. The maximum Gasteiger partial charge on any atom is 0.144 e. The van der Waals surface area contributed by atoms with Crippen molar-refractivity contribution in [1.29, 1.82) is 5.26 Å². The van der Waals surface area contributed by atoms with Crippen LogP contribution in [0.25, 0.3) is 0 Å². The van der Waals surface area contributed by atoms with Gasteiger partial charge in [-0.3, -0.25) is 0 Å². The van der Waals surface area contributed by atoms with E-state index in [9.17, 15) is 5.26 Å². The fourth-order valence-corrected chi connectivity index (χ4v) is 2.76. The molecule has 5 heteroatoms. The van der Waals surface area contributed by atoms with Gasteiger partial charge in [-0.2, -0.15) is 5.26 Å². The molecule has 2 rings (SSSR count). The molecule has 0 radical (unpaired) electrons. The molecule has 1 fully saturated rings. The molecule has 3 N–H and O–H groups in total. The third-order valence-electron chi connectivity index (χ3n) is 3.92. The summed E-state index contributed by atoms with van der Waals surface area (Å²) in [6, 6.07) is 4.48. The number of aryl methyl sites for hydroxylation is 2. The Labute approximate surface area is 126 Å². The van der Waals surface area contributed by atoms with Crippen molar-refractivity contribution in [3.63, 3.8) is 0 Å². The molecule has 114 valence electrons. The molecule has 1 heterocycles.